The van der Waals surface area contributed by atoms with Gasteiger partial charge in [-0.15, -0.1) is 5.10 Å². The highest BCUT2D eigenvalue weighted by atomic mass is 16.7. The van der Waals surface area contributed by atoms with E-state index in [0.717, 1.165) is 11.1 Å². The van der Waals surface area contributed by atoms with E-state index in [1.807, 2.05) is 53.4 Å². The molecule has 0 bridgehead atoms. The maximum atomic E-state index is 13.5. The van der Waals surface area contributed by atoms with E-state index in [-0.39, 0.29) is 24.9 Å². The lowest BCUT2D eigenvalue weighted by Gasteiger charge is -2.38. The first-order valence-electron chi connectivity index (χ1n) is 10.3. The number of aromatic nitrogens is 4. The molecule has 0 N–H and O–H groups in total. The second-order valence-corrected chi connectivity index (χ2v) is 7.75. The standard InChI is InChI=1S/C23H19N5O4/c29-23(17-7-9-22-24-25-26-28(22)11-17)27-12-20(15-4-2-1-3-5-15)32-21(13-27)16-6-8-18-19(10-16)31-14-30-18/h1-11,20-21H,12-14H2/t20-,21+/m0/s1. The van der Waals surface area contributed by atoms with Crippen LogP contribution in [-0.2, 0) is 4.74 Å². The maximum Gasteiger partial charge on any atom is 0.255 e. The van der Waals surface area contributed by atoms with Crippen LogP contribution in [0.15, 0.2) is 66.9 Å². The molecule has 0 aliphatic carbocycles. The first-order chi connectivity index (χ1) is 15.7. The molecule has 2 aliphatic rings. The fraction of sp³-hybridized carbons (Fsp3) is 0.217. The summed E-state index contributed by atoms with van der Waals surface area (Å²) in [5.74, 6) is 1.30. The fourth-order valence-corrected chi connectivity index (χ4v) is 4.12. The minimum atomic E-state index is -0.316. The number of hydrogen-bond acceptors (Lipinski definition) is 7. The third kappa shape index (κ3) is 3.32. The van der Waals surface area contributed by atoms with Gasteiger partial charge in [-0.05, 0) is 45.8 Å². The third-order valence-electron chi connectivity index (χ3n) is 5.77. The number of amides is 1. The van der Waals surface area contributed by atoms with Gasteiger partial charge in [-0.2, -0.15) is 4.52 Å². The van der Waals surface area contributed by atoms with Gasteiger partial charge in [0, 0.05) is 6.20 Å². The van der Waals surface area contributed by atoms with Gasteiger partial charge in [0.05, 0.1) is 18.7 Å². The summed E-state index contributed by atoms with van der Waals surface area (Å²) >= 11 is 0. The molecule has 0 unspecified atom stereocenters. The van der Waals surface area contributed by atoms with E-state index < -0.39 is 0 Å². The largest absolute Gasteiger partial charge is 0.454 e. The first kappa shape index (κ1) is 18.8. The third-order valence-corrected chi connectivity index (χ3v) is 5.77. The van der Waals surface area contributed by atoms with Crippen molar-refractivity contribution in [2.45, 2.75) is 12.2 Å². The number of ether oxygens (including phenoxy) is 3. The zero-order valence-corrected chi connectivity index (χ0v) is 17.0. The van der Waals surface area contributed by atoms with Gasteiger partial charge in [-0.25, -0.2) is 0 Å². The number of fused-ring (bicyclic) bond motifs is 2. The van der Waals surface area contributed by atoms with Crippen molar-refractivity contribution >= 4 is 11.6 Å². The number of benzene rings is 2. The summed E-state index contributed by atoms with van der Waals surface area (Å²) < 4.78 is 18.9. The Balaban J connectivity index is 1.34. The zero-order valence-electron chi connectivity index (χ0n) is 17.0. The van der Waals surface area contributed by atoms with E-state index in [4.69, 9.17) is 14.2 Å². The van der Waals surface area contributed by atoms with Gasteiger partial charge in [-0.3, -0.25) is 4.79 Å². The monoisotopic (exact) mass is 429 g/mol. The summed E-state index contributed by atoms with van der Waals surface area (Å²) in [6.45, 7) is 1.06. The van der Waals surface area contributed by atoms with Crippen LogP contribution in [0.2, 0.25) is 0 Å². The van der Waals surface area contributed by atoms with Crippen LogP contribution >= 0.6 is 0 Å². The molecular formula is C23H19N5O4. The van der Waals surface area contributed by atoms with E-state index in [2.05, 4.69) is 15.5 Å². The van der Waals surface area contributed by atoms with Crippen LogP contribution < -0.4 is 9.47 Å². The number of tetrazole rings is 1. The van der Waals surface area contributed by atoms with Crippen molar-refractivity contribution in [3.8, 4) is 11.5 Å². The molecule has 160 valence electrons. The van der Waals surface area contributed by atoms with Crippen LogP contribution in [-0.4, -0.2) is 50.7 Å². The van der Waals surface area contributed by atoms with Crippen LogP contribution in [0.3, 0.4) is 0 Å². The number of carbonyl (C=O) groups is 1. The molecule has 0 spiro atoms. The normalized spacial score (nSPS) is 19.9. The average Bonchev–Trinajstić information content (AvgIpc) is 3.52. The van der Waals surface area contributed by atoms with Gasteiger partial charge < -0.3 is 19.1 Å². The number of carbonyl (C=O) groups excluding carboxylic acids is 1. The maximum absolute atomic E-state index is 13.5. The van der Waals surface area contributed by atoms with Crippen LogP contribution in [0.25, 0.3) is 5.65 Å². The Bertz CT molecular complexity index is 1290. The van der Waals surface area contributed by atoms with Crippen molar-refractivity contribution in [2.75, 3.05) is 19.9 Å². The lowest BCUT2D eigenvalue weighted by molar-refractivity contribution is -0.0797. The molecule has 2 aromatic carbocycles. The van der Waals surface area contributed by atoms with Crippen LogP contribution in [0.5, 0.6) is 11.5 Å². The summed E-state index contributed by atoms with van der Waals surface area (Å²) in [5, 5.41) is 11.4. The van der Waals surface area contributed by atoms with Crippen molar-refractivity contribution in [1.29, 1.82) is 0 Å². The number of pyridine rings is 1. The van der Waals surface area contributed by atoms with Gasteiger partial charge >= 0.3 is 0 Å². The molecule has 9 nitrogen and oxygen atoms in total. The Morgan fingerprint density at radius 3 is 2.59 bits per heavy atom. The van der Waals surface area contributed by atoms with E-state index in [1.165, 1.54) is 4.52 Å². The zero-order chi connectivity index (χ0) is 21.5. The Hall–Kier alpha value is -3.98. The highest BCUT2D eigenvalue weighted by Gasteiger charge is 2.33. The molecule has 2 aliphatic heterocycles. The lowest BCUT2D eigenvalue weighted by atomic mass is 10.0. The topological polar surface area (TPSA) is 91.1 Å². The second kappa shape index (κ2) is 7.61. The molecule has 1 fully saturated rings. The van der Waals surface area contributed by atoms with Gasteiger partial charge in [0.15, 0.2) is 17.1 Å². The van der Waals surface area contributed by atoms with Gasteiger partial charge in [0.1, 0.15) is 12.2 Å². The smallest absolute Gasteiger partial charge is 0.255 e. The van der Waals surface area contributed by atoms with Crippen molar-refractivity contribution in [2.24, 2.45) is 0 Å². The summed E-state index contributed by atoms with van der Waals surface area (Å²) in [7, 11) is 0. The highest BCUT2D eigenvalue weighted by molar-refractivity contribution is 5.94. The molecule has 2 aromatic heterocycles. The van der Waals surface area contributed by atoms with Crippen LogP contribution in [0, 0.1) is 0 Å². The fourth-order valence-electron chi connectivity index (χ4n) is 4.12. The Morgan fingerprint density at radius 2 is 1.72 bits per heavy atom. The van der Waals surface area contributed by atoms with E-state index in [1.54, 1.807) is 18.3 Å². The summed E-state index contributed by atoms with van der Waals surface area (Å²) in [5.41, 5.74) is 3.06. The molecule has 4 aromatic rings. The Morgan fingerprint density at radius 1 is 0.906 bits per heavy atom. The Kier molecular flexibility index (Phi) is 4.46. The lowest BCUT2D eigenvalue weighted by Crippen LogP contribution is -2.43. The van der Waals surface area contributed by atoms with Crippen LogP contribution in [0.1, 0.15) is 33.7 Å². The quantitative estimate of drug-likeness (QED) is 0.495. The molecule has 1 amide bonds. The van der Waals surface area contributed by atoms with E-state index >= 15 is 0 Å². The number of nitrogens with zero attached hydrogens (tertiary/aromatic N) is 5. The van der Waals surface area contributed by atoms with Gasteiger partial charge in [-0.1, -0.05) is 36.4 Å². The van der Waals surface area contributed by atoms with Crippen LogP contribution in [0.4, 0.5) is 0 Å². The highest BCUT2D eigenvalue weighted by Crippen LogP contribution is 2.38. The predicted octanol–water partition coefficient (Wildman–Crippen LogP) is 2.81. The molecule has 2 atom stereocenters. The molecule has 32 heavy (non-hydrogen) atoms. The van der Waals surface area contributed by atoms with E-state index in [0.29, 0.717) is 35.8 Å². The number of rotatable bonds is 3. The van der Waals surface area contributed by atoms with Crippen molar-refractivity contribution in [3.05, 3.63) is 83.6 Å². The molecule has 9 heteroatoms. The first-order valence-corrected chi connectivity index (χ1v) is 10.3. The summed E-state index contributed by atoms with van der Waals surface area (Å²) in [6.07, 6.45) is 1.07. The molecule has 0 saturated carbocycles. The van der Waals surface area contributed by atoms with Gasteiger partial charge in [0.25, 0.3) is 5.91 Å². The van der Waals surface area contributed by atoms with Crippen molar-refractivity contribution < 1.29 is 19.0 Å². The Labute approximate surface area is 183 Å². The SMILES string of the molecule is O=C(c1ccc2nnnn2c1)N1C[C@@H](c2ccccc2)O[C@@H](c2ccc3c(c2)OCO3)C1. The molecule has 1 saturated heterocycles. The van der Waals surface area contributed by atoms with Crippen molar-refractivity contribution in [3.63, 3.8) is 0 Å². The summed E-state index contributed by atoms with van der Waals surface area (Å²) in [4.78, 5) is 15.3. The molecular weight excluding hydrogens is 410 g/mol. The second-order valence-electron chi connectivity index (χ2n) is 7.75. The predicted molar refractivity (Wildman–Crippen MR) is 112 cm³/mol. The number of hydrogen-bond donors (Lipinski definition) is 0. The minimum Gasteiger partial charge on any atom is -0.454 e. The van der Waals surface area contributed by atoms with Crippen molar-refractivity contribution in [1.82, 2.24) is 24.9 Å². The molecule has 6 rings (SSSR count). The molecule has 4 heterocycles. The molecule has 0 radical (unpaired) electrons. The van der Waals surface area contributed by atoms with E-state index in [9.17, 15) is 4.79 Å². The minimum absolute atomic E-state index is 0.0997. The number of morpholine rings is 1. The summed E-state index contributed by atoms with van der Waals surface area (Å²) in [6, 6.07) is 19.2. The average molecular weight is 429 g/mol. The van der Waals surface area contributed by atoms with Gasteiger partial charge in [0.2, 0.25) is 6.79 Å².